The van der Waals surface area contributed by atoms with Gasteiger partial charge in [0.1, 0.15) is 5.75 Å². The van der Waals surface area contributed by atoms with Crippen molar-refractivity contribution in [3.63, 3.8) is 0 Å². The summed E-state index contributed by atoms with van der Waals surface area (Å²) >= 11 is 0. The van der Waals surface area contributed by atoms with Crippen molar-refractivity contribution >= 4 is 5.69 Å². The number of hydrogen-bond acceptors (Lipinski definition) is 3. The Hall–Kier alpha value is -2.23. The fraction of sp³-hybridized carbons (Fsp3) is 0.214. The van der Waals surface area contributed by atoms with E-state index in [0.717, 1.165) is 23.5 Å². The molecule has 1 aromatic carbocycles. The zero-order chi connectivity index (χ0) is 13.0. The molecule has 0 aliphatic rings. The standard InChI is InChI=1S/C14H17N3O/c1-3-5-11-10-12(15)6-7-13(11)18-14-16-8-9-17(14)4-2/h3,6-10H,1,4-5,15H2,2H3. The maximum absolute atomic E-state index is 5.83. The number of nitrogens with two attached hydrogens (primary N) is 1. The molecule has 4 nitrogen and oxygen atoms in total. The maximum Gasteiger partial charge on any atom is 0.301 e. The van der Waals surface area contributed by atoms with E-state index in [9.17, 15) is 0 Å². The Balaban J connectivity index is 2.30. The lowest BCUT2D eigenvalue weighted by Gasteiger charge is -2.11. The van der Waals surface area contributed by atoms with Crippen molar-refractivity contribution in [3.8, 4) is 11.8 Å². The lowest BCUT2D eigenvalue weighted by atomic mass is 10.1. The summed E-state index contributed by atoms with van der Waals surface area (Å²) in [7, 11) is 0. The number of nitrogens with zero attached hydrogens (tertiary/aromatic N) is 2. The molecule has 1 heterocycles. The number of ether oxygens (including phenoxy) is 1. The molecule has 4 heteroatoms. The predicted molar refractivity (Wildman–Crippen MR) is 72.7 cm³/mol. The van der Waals surface area contributed by atoms with Gasteiger partial charge in [0.2, 0.25) is 0 Å². The fourth-order valence-electron chi connectivity index (χ4n) is 1.75. The quantitative estimate of drug-likeness (QED) is 0.648. The number of benzene rings is 1. The van der Waals surface area contributed by atoms with Gasteiger partial charge in [-0.1, -0.05) is 6.08 Å². The first-order chi connectivity index (χ1) is 8.74. The third-order valence-electron chi connectivity index (χ3n) is 2.67. The number of rotatable bonds is 5. The zero-order valence-corrected chi connectivity index (χ0v) is 10.5. The zero-order valence-electron chi connectivity index (χ0n) is 10.5. The van der Waals surface area contributed by atoms with Crippen LogP contribution < -0.4 is 10.5 Å². The van der Waals surface area contributed by atoms with Crippen molar-refractivity contribution < 1.29 is 4.74 Å². The molecule has 2 rings (SSSR count). The molecule has 0 amide bonds. The molecular weight excluding hydrogens is 226 g/mol. The lowest BCUT2D eigenvalue weighted by molar-refractivity contribution is 0.412. The van der Waals surface area contributed by atoms with Crippen LogP contribution in [-0.2, 0) is 13.0 Å². The first kappa shape index (κ1) is 12.2. The Kier molecular flexibility index (Phi) is 3.67. The molecule has 18 heavy (non-hydrogen) atoms. The largest absolute Gasteiger partial charge is 0.425 e. The summed E-state index contributed by atoms with van der Waals surface area (Å²) < 4.78 is 7.77. The van der Waals surface area contributed by atoms with E-state index in [1.807, 2.05) is 42.0 Å². The van der Waals surface area contributed by atoms with Crippen LogP contribution in [0.2, 0.25) is 0 Å². The molecule has 0 fully saturated rings. The van der Waals surface area contributed by atoms with Crippen molar-refractivity contribution in [2.75, 3.05) is 5.73 Å². The van der Waals surface area contributed by atoms with Crippen molar-refractivity contribution in [2.24, 2.45) is 0 Å². The first-order valence-electron chi connectivity index (χ1n) is 5.93. The summed E-state index contributed by atoms with van der Waals surface area (Å²) in [6.07, 6.45) is 6.16. The van der Waals surface area contributed by atoms with Crippen LogP contribution in [0.4, 0.5) is 5.69 Å². The maximum atomic E-state index is 5.83. The van der Waals surface area contributed by atoms with Crippen LogP contribution in [0.15, 0.2) is 43.2 Å². The summed E-state index contributed by atoms with van der Waals surface area (Å²) in [5, 5.41) is 0. The fourth-order valence-corrected chi connectivity index (χ4v) is 1.75. The normalized spacial score (nSPS) is 10.3. The van der Waals surface area contributed by atoms with E-state index >= 15 is 0 Å². The molecule has 0 unspecified atom stereocenters. The van der Waals surface area contributed by atoms with E-state index in [1.54, 1.807) is 6.20 Å². The van der Waals surface area contributed by atoms with Gasteiger partial charge in [-0.3, -0.25) is 0 Å². The van der Waals surface area contributed by atoms with E-state index in [4.69, 9.17) is 10.5 Å². The van der Waals surface area contributed by atoms with Gasteiger partial charge in [0.25, 0.3) is 0 Å². The van der Waals surface area contributed by atoms with E-state index in [0.29, 0.717) is 12.4 Å². The second-order valence-corrected chi connectivity index (χ2v) is 3.96. The summed E-state index contributed by atoms with van der Waals surface area (Å²) in [6, 6.07) is 6.17. The second kappa shape index (κ2) is 5.40. The molecule has 0 atom stereocenters. The van der Waals surface area contributed by atoms with Gasteiger partial charge in [-0.05, 0) is 31.5 Å². The highest BCUT2D eigenvalue weighted by atomic mass is 16.5. The van der Waals surface area contributed by atoms with Crippen LogP contribution in [0, 0.1) is 0 Å². The summed E-state index contributed by atoms with van der Waals surface area (Å²) in [4.78, 5) is 4.19. The number of hydrogen-bond donors (Lipinski definition) is 1. The SMILES string of the molecule is C=CCc1cc(N)ccc1Oc1nccn1CC. The van der Waals surface area contributed by atoms with E-state index in [2.05, 4.69) is 11.6 Å². The monoisotopic (exact) mass is 243 g/mol. The molecule has 0 saturated carbocycles. The Bertz CT molecular complexity index is 546. The van der Waals surface area contributed by atoms with Crippen LogP contribution in [0.25, 0.3) is 0 Å². The van der Waals surface area contributed by atoms with Crippen molar-refractivity contribution in [3.05, 3.63) is 48.8 Å². The van der Waals surface area contributed by atoms with Gasteiger partial charge in [-0.2, -0.15) is 0 Å². The van der Waals surface area contributed by atoms with Crippen LogP contribution in [0.1, 0.15) is 12.5 Å². The van der Waals surface area contributed by atoms with Gasteiger partial charge in [0.05, 0.1) is 0 Å². The van der Waals surface area contributed by atoms with Gasteiger partial charge in [-0.25, -0.2) is 4.98 Å². The molecule has 94 valence electrons. The van der Waals surface area contributed by atoms with E-state index in [-0.39, 0.29) is 0 Å². The van der Waals surface area contributed by atoms with Gasteiger partial charge >= 0.3 is 6.01 Å². The van der Waals surface area contributed by atoms with Crippen LogP contribution >= 0.6 is 0 Å². The van der Waals surface area contributed by atoms with Gasteiger partial charge < -0.3 is 15.0 Å². The summed E-state index contributed by atoms with van der Waals surface area (Å²) in [5.74, 6) is 0.769. The Morgan fingerprint density at radius 3 is 3.06 bits per heavy atom. The Morgan fingerprint density at radius 2 is 2.33 bits per heavy atom. The van der Waals surface area contributed by atoms with E-state index in [1.165, 1.54) is 0 Å². The minimum absolute atomic E-state index is 0.590. The van der Waals surface area contributed by atoms with Gasteiger partial charge in [0.15, 0.2) is 0 Å². The molecule has 0 saturated heterocycles. The first-order valence-corrected chi connectivity index (χ1v) is 5.93. The highest BCUT2D eigenvalue weighted by Crippen LogP contribution is 2.26. The lowest BCUT2D eigenvalue weighted by Crippen LogP contribution is -1.99. The molecule has 0 aliphatic heterocycles. The second-order valence-electron chi connectivity index (χ2n) is 3.96. The average Bonchev–Trinajstić information content (AvgIpc) is 2.80. The number of anilines is 1. The number of aryl methyl sites for hydroxylation is 1. The molecule has 0 aliphatic carbocycles. The van der Waals surface area contributed by atoms with Crippen LogP contribution in [-0.4, -0.2) is 9.55 Å². The minimum atomic E-state index is 0.590. The number of allylic oxidation sites excluding steroid dienone is 1. The van der Waals surface area contributed by atoms with Gasteiger partial charge in [0, 0.05) is 30.2 Å². The van der Waals surface area contributed by atoms with Crippen LogP contribution in [0.3, 0.4) is 0 Å². The van der Waals surface area contributed by atoms with Crippen LogP contribution in [0.5, 0.6) is 11.8 Å². The topological polar surface area (TPSA) is 53.1 Å². The molecule has 2 aromatic rings. The van der Waals surface area contributed by atoms with Crippen molar-refractivity contribution in [1.29, 1.82) is 0 Å². The molecule has 1 aromatic heterocycles. The highest BCUT2D eigenvalue weighted by molar-refractivity contribution is 5.49. The predicted octanol–water partition coefficient (Wildman–Crippen LogP) is 3.01. The third-order valence-corrected chi connectivity index (χ3v) is 2.67. The minimum Gasteiger partial charge on any atom is -0.425 e. The Labute approximate surface area is 107 Å². The molecule has 0 bridgehead atoms. The van der Waals surface area contributed by atoms with Crippen molar-refractivity contribution in [1.82, 2.24) is 9.55 Å². The third kappa shape index (κ3) is 2.53. The van der Waals surface area contributed by atoms with E-state index < -0.39 is 0 Å². The number of imidazole rings is 1. The van der Waals surface area contributed by atoms with Gasteiger partial charge in [-0.15, -0.1) is 6.58 Å². The summed E-state index contributed by atoms with van der Waals surface area (Å²) in [5.41, 5.74) is 7.51. The summed E-state index contributed by atoms with van der Waals surface area (Å²) in [6.45, 7) is 6.60. The highest BCUT2D eigenvalue weighted by Gasteiger charge is 2.08. The molecule has 0 radical (unpaired) electrons. The molecule has 2 N–H and O–H groups in total. The average molecular weight is 243 g/mol. The van der Waals surface area contributed by atoms with Crippen molar-refractivity contribution in [2.45, 2.75) is 19.9 Å². The molecule has 0 spiro atoms. The smallest absolute Gasteiger partial charge is 0.301 e. The number of aromatic nitrogens is 2. The Morgan fingerprint density at radius 1 is 1.50 bits per heavy atom. The molecular formula is C14H17N3O. The number of nitrogen functional groups attached to an aromatic ring is 1.